The average Bonchev–Trinajstić information content (AvgIpc) is 2.59. The second kappa shape index (κ2) is 7.10. The van der Waals surface area contributed by atoms with Crippen LogP contribution in [-0.2, 0) is 19.1 Å². The van der Waals surface area contributed by atoms with Gasteiger partial charge < -0.3 is 19.9 Å². The maximum atomic E-state index is 13.0. The van der Waals surface area contributed by atoms with Crippen LogP contribution in [-0.4, -0.2) is 25.5 Å². The van der Waals surface area contributed by atoms with Crippen LogP contribution in [0.2, 0.25) is 0 Å². The molecule has 2 N–H and O–H groups in total. The molecule has 0 saturated heterocycles. The number of ketones is 1. The van der Waals surface area contributed by atoms with E-state index >= 15 is 0 Å². The number of Topliss-reactive ketones (excluding diaryl/α,β-unsaturated/α-hetero) is 1. The summed E-state index contributed by atoms with van der Waals surface area (Å²) in [5.74, 6) is -0.0893. The van der Waals surface area contributed by atoms with Gasteiger partial charge in [-0.3, -0.25) is 4.79 Å². The second-order valence-electron chi connectivity index (χ2n) is 7.59. The minimum Gasteiger partial charge on any atom is -0.497 e. The van der Waals surface area contributed by atoms with Crippen LogP contribution >= 0.6 is 0 Å². The molecular formula is C21H25NO5. The lowest BCUT2D eigenvalue weighted by Gasteiger charge is -2.38. The van der Waals surface area contributed by atoms with Gasteiger partial charge in [0.1, 0.15) is 17.1 Å². The zero-order valence-corrected chi connectivity index (χ0v) is 16.1. The van der Waals surface area contributed by atoms with Crippen LogP contribution in [0.4, 0.5) is 0 Å². The highest BCUT2D eigenvalue weighted by Gasteiger charge is 2.45. The quantitative estimate of drug-likeness (QED) is 0.818. The lowest BCUT2D eigenvalue weighted by Crippen LogP contribution is -2.35. The molecule has 0 aromatic heterocycles. The van der Waals surface area contributed by atoms with E-state index in [1.54, 1.807) is 26.2 Å². The van der Waals surface area contributed by atoms with Crippen molar-refractivity contribution in [2.75, 3.05) is 13.7 Å². The number of allylic oxidation sites excluding steroid dienone is 2. The molecule has 0 fully saturated rings. The Labute approximate surface area is 159 Å². The summed E-state index contributed by atoms with van der Waals surface area (Å²) in [6.45, 7) is 5.95. The van der Waals surface area contributed by atoms with Gasteiger partial charge in [0.25, 0.3) is 0 Å². The van der Waals surface area contributed by atoms with Crippen molar-refractivity contribution in [3.05, 3.63) is 52.6 Å². The van der Waals surface area contributed by atoms with Crippen molar-refractivity contribution in [2.24, 2.45) is 11.1 Å². The summed E-state index contributed by atoms with van der Waals surface area (Å²) in [6, 6.07) is 7.28. The Bertz CT molecular complexity index is 850. The highest BCUT2D eigenvalue weighted by atomic mass is 16.5. The number of rotatable bonds is 4. The number of carbonyl (C=O) groups is 2. The van der Waals surface area contributed by atoms with Crippen molar-refractivity contribution < 1.29 is 23.8 Å². The van der Waals surface area contributed by atoms with E-state index in [0.717, 1.165) is 5.56 Å². The molecule has 1 aromatic rings. The minimum absolute atomic E-state index is 0.00878. The molecule has 0 radical (unpaired) electrons. The molecule has 0 spiro atoms. The number of ether oxygens (including phenoxy) is 3. The third kappa shape index (κ3) is 3.56. The van der Waals surface area contributed by atoms with Crippen LogP contribution in [0.1, 0.15) is 45.1 Å². The van der Waals surface area contributed by atoms with Gasteiger partial charge >= 0.3 is 5.97 Å². The Morgan fingerprint density at radius 1 is 1.33 bits per heavy atom. The van der Waals surface area contributed by atoms with Crippen LogP contribution in [0.3, 0.4) is 0 Å². The van der Waals surface area contributed by atoms with Crippen molar-refractivity contribution in [3.63, 3.8) is 0 Å². The van der Waals surface area contributed by atoms with Crippen molar-refractivity contribution in [1.82, 2.24) is 0 Å². The second-order valence-corrected chi connectivity index (χ2v) is 7.59. The number of carbonyl (C=O) groups excluding carboxylic acids is 2. The minimum atomic E-state index is -0.633. The van der Waals surface area contributed by atoms with Gasteiger partial charge in [-0.15, -0.1) is 0 Å². The molecule has 2 aliphatic rings. The molecular weight excluding hydrogens is 346 g/mol. The Hall–Kier alpha value is -2.76. The van der Waals surface area contributed by atoms with Gasteiger partial charge in [0, 0.05) is 18.4 Å². The standard InChI is InChI=1S/C21H25NO5/c1-5-26-20(24)18-16(12-7-6-8-13(9-12)25-4)17-14(23)10-21(2,3)11-15(17)27-19(18)22/h6-9,16H,5,10-11,22H2,1-4H3/t16-/m0/s1. The summed E-state index contributed by atoms with van der Waals surface area (Å²) >= 11 is 0. The SMILES string of the molecule is CCOC(=O)C1=C(N)OC2=C(C(=O)CC(C)(C)C2)[C@@H]1c1cccc(OC)c1. The van der Waals surface area contributed by atoms with Gasteiger partial charge in [0.05, 0.1) is 19.6 Å². The molecule has 1 heterocycles. The van der Waals surface area contributed by atoms with Crippen molar-refractivity contribution in [2.45, 2.75) is 39.5 Å². The number of benzene rings is 1. The van der Waals surface area contributed by atoms with Crippen LogP contribution in [0.15, 0.2) is 47.1 Å². The average molecular weight is 371 g/mol. The van der Waals surface area contributed by atoms with Gasteiger partial charge in [-0.25, -0.2) is 4.79 Å². The van der Waals surface area contributed by atoms with Crippen LogP contribution in [0, 0.1) is 5.41 Å². The molecule has 0 bridgehead atoms. The monoisotopic (exact) mass is 371 g/mol. The van der Waals surface area contributed by atoms with E-state index in [1.807, 2.05) is 26.0 Å². The molecule has 0 saturated carbocycles. The molecule has 0 unspecified atom stereocenters. The van der Waals surface area contributed by atoms with Gasteiger partial charge in [-0.05, 0) is 30.0 Å². The van der Waals surface area contributed by atoms with E-state index < -0.39 is 11.9 Å². The number of nitrogens with two attached hydrogens (primary N) is 1. The van der Waals surface area contributed by atoms with Crippen molar-refractivity contribution >= 4 is 11.8 Å². The summed E-state index contributed by atoms with van der Waals surface area (Å²) in [5.41, 5.74) is 7.29. The third-order valence-electron chi connectivity index (χ3n) is 4.88. The molecule has 1 aliphatic heterocycles. The summed E-state index contributed by atoms with van der Waals surface area (Å²) in [4.78, 5) is 25.7. The zero-order valence-electron chi connectivity index (χ0n) is 16.1. The number of hydrogen-bond acceptors (Lipinski definition) is 6. The first-order chi connectivity index (χ1) is 12.8. The summed E-state index contributed by atoms with van der Waals surface area (Å²) in [6.07, 6.45) is 0.955. The van der Waals surface area contributed by atoms with E-state index in [1.165, 1.54) is 0 Å². The maximum absolute atomic E-state index is 13.0. The Kier molecular flexibility index (Phi) is 5.00. The fourth-order valence-corrected chi connectivity index (χ4v) is 3.75. The van der Waals surface area contributed by atoms with Gasteiger partial charge in [0.2, 0.25) is 5.88 Å². The molecule has 1 atom stereocenters. The first-order valence-electron chi connectivity index (χ1n) is 9.02. The molecule has 6 heteroatoms. The smallest absolute Gasteiger partial charge is 0.340 e. The lowest BCUT2D eigenvalue weighted by molar-refractivity contribution is -0.139. The molecule has 6 nitrogen and oxygen atoms in total. The lowest BCUT2D eigenvalue weighted by atomic mass is 9.70. The van der Waals surface area contributed by atoms with E-state index in [0.29, 0.717) is 29.9 Å². The topological polar surface area (TPSA) is 87.9 Å². The number of hydrogen-bond donors (Lipinski definition) is 1. The highest BCUT2D eigenvalue weighted by Crippen LogP contribution is 2.48. The largest absolute Gasteiger partial charge is 0.497 e. The Morgan fingerprint density at radius 2 is 2.07 bits per heavy atom. The van der Waals surface area contributed by atoms with Crippen LogP contribution in [0.5, 0.6) is 5.75 Å². The third-order valence-corrected chi connectivity index (χ3v) is 4.88. The van der Waals surface area contributed by atoms with Gasteiger partial charge in [0.15, 0.2) is 5.78 Å². The number of esters is 1. The fraction of sp³-hybridized carbons (Fsp3) is 0.429. The van der Waals surface area contributed by atoms with Crippen LogP contribution in [0.25, 0.3) is 0 Å². The molecule has 144 valence electrons. The summed E-state index contributed by atoms with van der Waals surface area (Å²) < 4.78 is 16.3. The predicted octanol–water partition coefficient (Wildman–Crippen LogP) is 3.19. The molecule has 0 amide bonds. The van der Waals surface area contributed by atoms with E-state index in [-0.39, 0.29) is 29.3 Å². The van der Waals surface area contributed by atoms with Gasteiger partial charge in [-0.2, -0.15) is 0 Å². The first-order valence-corrected chi connectivity index (χ1v) is 9.02. The Morgan fingerprint density at radius 3 is 2.74 bits per heavy atom. The van der Waals surface area contributed by atoms with E-state index in [4.69, 9.17) is 19.9 Å². The normalized spacial score (nSPS) is 21.5. The highest BCUT2D eigenvalue weighted by molar-refractivity contribution is 6.03. The van der Waals surface area contributed by atoms with E-state index in [9.17, 15) is 9.59 Å². The maximum Gasteiger partial charge on any atom is 0.340 e. The van der Waals surface area contributed by atoms with Crippen molar-refractivity contribution in [1.29, 1.82) is 0 Å². The van der Waals surface area contributed by atoms with Gasteiger partial charge in [-0.1, -0.05) is 26.0 Å². The molecule has 1 aliphatic carbocycles. The van der Waals surface area contributed by atoms with E-state index in [2.05, 4.69) is 0 Å². The zero-order chi connectivity index (χ0) is 19.8. The van der Waals surface area contributed by atoms with Crippen LogP contribution < -0.4 is 10.5 Å². The summed E-state index contributed by atoms with van der Waals surface area (Å²) in [5, 5.41) is 0. The number of methoxy groups -OCH3 is 1. The van der Waals surface area contributed by atoms with Crippen molar-refractivity contribution in [3.8, 4) is 5.75 Å². The fourth-order valence-electron chi connectivity index (χ4n) is 3.75. The first kappa shape index (κ1) is 19.0. The molecule has 27 heavy (non-hydrogen) atoms. The molecule has 3 rings (SSSR count). The predicted molar refractivity (Wildman–Crippen MR) is 99.7 cm³/mol. The molecule has 1 aromatic carbocycles. The Balaban J connectivity index is 2.18. The summed E-state index contributed by atoms with van der Waals surface area (Å²) in [7, 11) is 1.57.